The molecule has 0 amide bonds. The van der Waals surface area contributed by atoms with Crippen molar-refractivity contribution in [2.24, 2.45) is 0 Å². The number of hydrogen-bond donors (Lipinski definition) is 0. The molecule has 0 N–H and O–H groups in total. The predicted molar refractivity (Wildman–Crippen MR) is 90.6 cm³/mol. The number of para-hydroxylation sites is 1. The van der Waals surface area contributed by atoms with Crippen LogP contribution in [-0.4, -0.2) is 24.1 Å². The summed E-state index contributed by atoms with van der Waals surface area (Å²) in [4.78, 5) is 10.5. The first-order valence-electron chi connectivity index (χ1n) is 6.59. The summed E-state index contributed by atoms with van der Waals surface area (Å²) in [5.74, 6) is 1.49. The molecule has 0 bridgehead atoms. The zero-order chi connectivity index (χ0) is 15.7. The molecule has 4 nitrogen and oxygen atoms in total. The molecule has 3 aromatic rings. The molecule has 0 aliphatic rings. The largest absolute Gasteiger partial charge is 0.497 e. The maximum absolute atomic E-state index is 6.21. The molecule has 0 radical (unpaired) electrons. The van der Waals surface area contributed by atoms with Crippen molar-refractivity contribution in [2.45, 2.75) is 0 Å². The average Bonchev–Trinajstić information content (AvgIpc) is 2.54. The van der Waals surface area contributed by atoms with Crippen LogP contribution in [0.25, 0.3) is 10.9 Å². The van der Waals surface area contributed by atoms with Crippen LogP contribution in [0.1, 0.15) is 0 Å². The summed E-state index contributed by atoms with van der Waals surface area (Å²) in [5.41, 5.74) is 1.59. The first-order valence-corrected chi connectivity index (χ1v) is 7.35. The van der Waals surface area contributed by atoms with Crippen molar-refractivity contribution < 1.29 is 4.74 Å². The minimum Gasteiger partial charge on any atom is -0.497 e. The maximum Gasteiger partial charge on any atom is 0.224 e. The van der Waals surface area contributed by atoms with Crippen molar-refractivity contribution in [3.8, 4) is 5.75 Å². The molecule has 0 aliphatic heterocycles. The molecule has 0 fully saturated rings. The second-order valence-corrected chi connectivity index (χ2v) is 5.45. The molecule has 112 valence electrons. The van der Waals surface area contributed by atoms with Crippen LogP contribution >= 0.6 is 23.2 Å². The van der Waals surface area contributed by atoms with E-state index in [9.17, 15) is 0 Å². The Hall–Kier alpha value is -2.04. The van der Waals surface area contributed by atoms with Gasteiger partial charge >= 0.3 is 0 Å². The SMILES string of the molecule is COc1ccc(N(C)c2nc(Cl)nc3c(Cl)cccc23)cc1. The third-order valence-electron chi connectivity index (χ3n) is 3.41. The molecule has 0 spiro atoms. The van der Waals surface area contributed by atoms with E-state index in [-0.39, 0.29) is 5.28 Å². The summed E-state index contributed by atoms with van der Waals surface area (Å²) in [6.07, 6.45) is 0. The van der Waals surface area contributed by atoms with Crippen molar-refractivity contribution in [2.75, 3.05) is 19.1 Å². The van der Waals surface area contributed by atoms with Crippen molar-refractivity contribution >= 4 is 45.6 Å². The summed E-state index contributed by atoms with van der Waals surface area (Å²) in [6.45, 7) is 0. The van der Waals surface area contributed by atoms with Crippen LogP contribution in [0.5, 0.6) is 5.75 Å². The van der Waals surface area contributed by atoms with Gasteiger partial charge in [-0.05, 0) is 48.0 Å². The number of hydrogen-bond acceptors (Lipinski definition) is 4. The summed E-state index contributed by atoms with van der Waals surface area (Å²) in [5, 5.41) is 1.55. The Bertz CT molecular complexity index is 821. The number of methoxy groups -OCH3 is 1. The Labute approximate surface area is 138 Å². The Morgan fingerprint density at radius 1 is 1.00 bits per heavy atom. The third kappa shape index (κ3) is 2.67. The van der Waals surface area contributed by atoms with Gasteiger partial charge in [-0.3, -0.25) is 0 Å². The van der Waals surface area contributed by atoms with Crippen LogP contribution in [0, 0.1) is 0 Å². The fourth-order valence-electron chi connectivity index (χ4n) is 2.26. The highest BCUT2D eigenvalue weighted by Crippen LogP contribution is 2.33. The van der Waals surface area contributed by atoms with E-state index in [4.69, 9.17) is 27.9 Å². The third-order valence-corrected chi connectivity index (χ3v) is 3.88. The molecule has 0 aliphatic carbocycles. The van der Waals surface area contributed by atoms with Crippen molar-refractivity contribution in [3.05, 3.63) is 52.8 Å². The number of fused-ring (bicyclic) bond motifs is 1. The topological polar surface area (TPSA) is 38.2 Å². The second kappa shape index (κ2) is 5.99. The van der Waals surface area contributed by atoms with E-state index in [2.05, 4.69) is 9.97 Å². The molecule has 22 heavy (non-hydrogen) atoms. The van der Waals surface area contributed by atoms with Crippen molar-refractivity contribution in [1.82, 2.24) is 9.97 Å². The van der Waals surface area contributed by atoms with E-state index in [0.29, 0.717) is 16.4 Å². The van der Waals surface area contributed by atoms with Crippen LogP contribution in [0.15, 0.2) is 42.5 Å². The van der Waals surface area contributed by atoms with Crippen LogP contribution < -0.4 is 9.64 Å². The molecular formula is C16H13Cl2N3O. The van der Waals surface area contributed by atoms with E-state index < -0.39 is 0 Å². The van der Waals surface area contributed by atoms with E-state index in [1.54, 1.807) is 13.2 Å². The molecule has 3 rings (SSSR count). The Morgan fingerprint density at radius 3 is 2.41 bits per heavy atom. The molecular weight excluding hydrogens is 321 g/mol. The van der Waals surface area contributed by atoms with Gasteiger partial charge in [0.15, 0.2) is 0 Å². The van der Waals surface area contributed by atoms with Crippen molar-refractivity contribution in [3.63, 3.8) is 0 Å². The molecule has 1 aromatic heterocycles. The van der Waals surface area contributed by atoms with E-state index in [1.807, 2.05) is 48.3 Å². The molecule has 0 saturated carbocycles. The lowest BCUT2D eigenvalue weighted by molar-refractivity contribution is 0.415. The molecule has 1 heterocycles. The number of ether oxygens (including phenoxy) is 1. The summed E-state index contributed by atoms with van der Waals surface area (Å²) >= 11 is 12.3. The number of nitrogens with zero attached hydrogens (tertiary/aromatic N) is 3. The van der Waals surface area contributed by atoms with Gasteiger partial charge in [0.25, 0.3) is 0 Å². The first-order chi connectivity index (χ1) is 10.6. The summed E-state index contributed by atoms with van der Waals surface area (Å²) in [7, 11) is 3.55. The monoisotopic (exact) mass is 333 g/mol. The normalized spacial score (nSPS) is 10.7. The highest BCUT2D eigenvalue weighted by atomic mass is 35.5. The molecule has 0 atom stereocenters. The summed E-state index contributed by atoms with van der Waals surface area (Å²) < 4.78 is 5.18. The van der Waals surface area contributed by atoms with Gasteiger partial charge in [-0.2, -0.15) is 4.98 Å². The van der Waals surface area contributed by atoms with E-state index in [1.165, 1.54) is 0 Å². The Kier molecular flexibility index (Phi) is 4.05. The predicted octanol–water partition coefficient (Wildman–Crippen LogP) is 4.71. The molecule has 6 heteroatoms. The number of anilines is 2. The smallest absolute Gasteiger partial charge is 0.224 e. The zero-order valence-electron chi connectivity index (χ0n) is 12.0. The lowest BCUT2D eigenvalue weighted by atomic mass is 10.2. The highest BCUT2D eigenvalue weighted by molar-refractivity contribution is 6.36. The number of benzene rings is 2. The fourth-order valence-corrected chi connectivity index (χ4v) is 2.64. The van der Waals surface area contributed by atoms with Gasteiger partial charge < -0.3 is 9.64 Å². The van der Waals surface area contributed by atoms with Gasteiger partial charge in [-0.25, -0.2) is 4.98 Å². The maximum atomic E-state index is 6.21. The zero-order valence-corrected chi connectivity index (χ0v) is 13.6. The van der Waals surface area contributed by atoms with Gasteiger partial charge in [0.05, 0.1) is 17.6 Å². The lowest BCUT2D eigenvalue weighted by Gasteiger charge is -2.20. The van der Waals surface area contributed by atoms with Gasteiger partial charge in [0.1, 0.15) is 11.6 Å². The second-order valence-electron chi connectivity index (χ2n) is 4.71. The van der Waals surface area contributed by atoms with Gasteiger partial charge in [0, 0.05) is 18.1 Å². The van der Waals surface area contributed by atoms with E-state index >= 15 is 0 Å². The Morgan fingerprint density at radius 2 is 1.73 bits per heavy atom. The lowest BCUT2D eigenvalue weighted by Crippen LogP contribution is -2.12. The number of halogens is 2. The van der Waals surface area contributed by atoms with E-state index in [0.717, 1.165) is 16.8 Å². The first kappa shape index (κ1) is 14.9. The summed E-state index contributed by atoms with van der Waals surface area (Å²) in [6, 6.07) is 13.3. The van der Waals surface area contributed by atoms with Crippen molar-refractivity contribution in [1.29, 1.82) is 0 Å². The van der Waals surface area contributed by atoms with Gasteiger partial charge in [-0.1, -0.05) is 17.7 Å². The molecule has 0 saturated heterocycles. The van der Waals surface area contributed by atoms with Crippen LogP contribution in [0.4, 0.5) is 11.5 Å². The average molecular weight is 334 g/mol. The number of rotatable bonds is 3. The van der Waals surface area contributed by atoms with Crippen LogP contribution in [0.3, 0.4) is 0 Å². The van der Waals surface area contributed by atoms with Crippen LogP contribution in [0.2, 0.25) is 10.3 Å². The minimum absolute atomic E-state index is 0.163. The fraction of sp³-hybridized carbons (Fsp3) is 0.125. The standard InChI is InChI=1S/C16H13Cl2N3O/c1-21(10-6-8-11(22-2)9-7-10)15-12-4-3-5-13(17)14(12)19-16(18)20-15/h3-9H,1-2H3. The van der Waals surface area contributed by atoms with Gasteiger partial charge in [-0.15, -0.1) is 0 Å². The quantitative estimate of drug-likeness (QED) is 0.650. The molecule has 2 aromatic carbocycles. The van der Waals surface area contributed by atoms with Gasteiger partial charge in [0.2, 0.25) is 5.28 Å². The minimum atomic E-state index is 0.163. The molecule has 0 unspecified atom stereocenters. The number of aromatic nitrogens is 2. The highest BCUT2D eigenvalue weighted by Gasteiger charge is 2.14. The Balaban J connectivity index is 2.13. The van der Waals surface area contributed by atoms with Crippen LogP contribution in [-0.2, 0) is 0 Å².